The zero-order valence-electron chi connectivity index (χ0n) is 11.9. The summed E-state index contributed by atoms with van der Waals surface area (Å²) in [5.74, 6) is 1.30. The summed E-state index contributed by atoms with van der Waals surface area (Å²) >= 11 is 13.4. The summed E-state index contributed by atoms with van der Waals surface area (Å²) in [5, 5.41) is 0.516. The van der Waals surface area contributed by atoms with E-state index >= 15 is 0 Å². The van der Waals surface area contributed by atoms with Crippen LogP contribution in [0, 0.1) is 0 Å². The number of thiazole rings is 1. The summed E-state index contributed by atoms with van der Waals surface area (Å²) in [6, 6.07) is 0. The van der Waals surface area contributed by atoms with Gasteiger partial charge in [0.2, 0.25) is 0 Å². The SMILES string of the molecule is CC(C)c1ncc2c(n1)CCN(Cc1sc(Cl)nc1Cl)C2. The Hall–Kier alpha value is -0.750. The second kappa shape index (κ2) is 6.16. The molecule has 3 heterocycles. The molecule has 0 atom stereocenters. The minimum Gasteiger partial charge on any atom is -0.293 e. The van der Waals surface area contributed by atoms with Gasteiger partial charge in [-0.3, -0.25) is 4.90 Å². The predicted molar refractivity (Wildman–Crippen MR) is 86.1 cm³/mol. The Labute approximate surface area is 138 Å². The van der Waals surface area contributed by atoms with Gasteiger partial charge in [0.05, 0.1) is 4.88 Å². The van der Waals surface area contributed by atoms with Crippen molar-refractivity contribution in [2.24, 2.45) is 0 Å². The van der Waals surface area contributed by atoms with Crippen LogP contribution in [0.4, 0.5) is 0 Å². The van der Waals surface area contributed by atoms with Crippen LogP contribution in [0.3, 0.4) is 0 Å². The van der Waals surface area contributed by atoms with E-state index in [4.69, 9.17) is 23.2 Å². The van der Waals surface area contributed by atoms with Crippen molar-refractivity contribution in [3.8, 4) is 0 Å². The molecule has 4 nitrogen and oxygen atoms in total. The highest BCUT2D eigenvalue weighted by Crippen LogP contribution is 2.29. The van der Waals surface area contributed by atoms with Crippen molar-refractivity contribution < 1.29 is 0 Å². The average molecular weight is 343 g/mol. The van der Waals surface area contributed by atoms with Gasteiger partial charge in [0.25, 0.3) is 0 Å². The molecule has 0 unspecified atom stereocenters. The largest absolute Gasteiger partial charge is 0.293 e. The maximum Gasteiger partial charge on any atom is 0.185 e. The molecule has 21 heavy (non-hydrogen) atoms. The number of fused-ring (bicyclic) bond motifs is 1. The second-order valence-corrected chi connectivity index (χ2v) is 7.52. The molecule has 2 aromatic heterocycles. The van der Waals surface area contributed by atoms with Crippen molar-refractivity contribution in [1.29, 1.82) is 0 Å². The van der Waals surface area contributed by atoms with Crippen LogP contribution in [0.2, 0.25) is 9.62 Å². The molecule has 0 amide bonds. The zero-order chi connectivity index (χ0) is 15.0. The Bertz CT molecular complexity index is 656. The first-order valence-electron chi connectivity index (χ1n) is 6.90. The summed E-state index contributed by atoms with van der Waals surface area (Å²) < 4.78 is 0.498. The van der Waals surface area contributed by atoms with Gasteiger partial charge < -0.3 is 0 Å². The maximum absolute atomic E-state index is 6.08. The first-order valence-corrected chi connectivity index (χ1v) is 8.48. The molecule has 0 N–H and O–H groups in total. The monoisotopic (exact) mass is 342 g/mol. The summed E-state index contributed by atoms with van der Waals surface area (Å²) in [4.78, 5) is 16.5. The highest BCUT2D eigenvalue weighted by atomic mass is 35.5. The third-order valence-electron chi connectivity index (χ3n) is 3.54. The van der Waals surface area contributed by atoms with Crippen molar-refractivity contribution in [1.82, 2.24) is 19.9 Å². The quantitative estimate of drug-likeness (QED) is 0.847. The van der Waals surface area contributed by atoms with Crippen molar-refractivity contribution in [2.45, 2.75) is 39.3 Å². The van der Waals surface area contributed by atoms with Crippen molar-refractivity contribution >= 4 is 34.5 Å². The van der Waals surface area contributed by atoms with Crippen LogP contribution >= 0.6 is 34.5 Å². The summed E-state index contributed by atoms with van der Waals surface area (Å²) in [7, 11) is 0. The zero-order valence-corrected chi connectivity index (χ0v) is 14.3. The molecule has 3 rings (SSSR count). The van der Waals surface area contributed by atoms with Crippen LogP contribution in [0.25, 0.3) is 0 Å². The lowest BCUT2D eigenvalue weighted by atomic mass is 10.1. The van der Waals surface area contributed by atoms with E-state index in [1.165, 1.54) is 22.6 Å². The van der Waals surface area contributed by atoms with Crippen LogP contribution < -0.4 is 0 Å². The molecule has 7 heteroatoms. The standard InChI is InChI=1S/C14H16Cl2N4S/c1-8(2)13-17-5-9-6-20(4-3-10(9)18-13)7-11-12(15)19-14(16)21-11/h5,8H,3-4,6-7H2,1-2H3. The van der Waals surface area contributed by atoms with E-state index in [9.17, 15) is 0 Å². The fourth-order valence-electron chi connectivity index (χ4n) is 2.41. The average Bonchev–Trinajstić information content (AvgIpc) is 2.76. The molecule has 0 saturated carbocycles. The lowest BCUT2D eigenvalue weighted by Gasteiger charge is -2.27. The van der Waals surface area contributed by atoms with E-state index in [0.717, 1.165) is 36.8 Å². The van der Waals surface area contributed by atoms with Gasteiger partial charge >= 0.3 is 0 Å². The molecule has 1 aliphatic heterocycles. The maximum atomic E-state index is 6.08. The smallest absolute Gasteiger partial charge is 0.185 e. The van der Waals surface area contributed by atoms with Crippen LogP contribution in [-0.4, -0.2) is 26.4 Å². The van der Waals surface area contributed by atoms with Crippen molar-refractivity contribution in [3.05, 3.63) is 37.8 Å². The predicted octanol–water partition coefficient (Wildman–Crippen LogP) is 3.92. The molecular weight excluding hydrogens is 327 g/mol. The Morgan fingerprint density at radius 1 is 1.33 bits per heavy atom. The van der Waals surface area contributed by atoms with Crippen LogP contribution in [-0.2, 0) is 19.5 Å². The minimum absolute atomic E-state index is 0.367. The lowest BCUT2D eigenvalue weighted by Crippen LogP contribution is -2.31. The number of hydrogen-bond donors (Lipinski definition) is 0. The van der Waals surface area contributed by atoms with Crippen LogP contribution in [0.15, 0.2) is 6.20 Å². The van der Waals surface area contributed by atoms with E-state index in [1.54, 1.807) is 0 Å². The molecule has 112 valence electrons. The van der Waals surface area contributed by atoms with E-state index in [-0.39, 0.29) is 0 Å². The van der Waals surface area contributed by atoms with Gasteiger partial charge in [-0.15, -0.1) is 11.3 Å². The first-order chi connectivity index (χ1) is 10.0. The van der Waals surface area contributed by atoms with Gasteiger partial charge in [0.1, 0.15) is 11.0 Å². The Morgan fingerprint density at radius 3 is 2.81 bits per heavy atom. The van der Waals surface area contributed by atoms with E-state index in [1.807, 2.05) is 6.20 Å². The normalized spacial score (nSPS) is 15.5. The lowest BCUT2D eigenvalue weighted by molar-refractivity contribution is 0.244. The molecule has 0 fully saturated rings. The van der Waals surface area contributed by atoms with Gasteiger partial charge in [0.15, 0.2) is 4.47 Å². The molecular formula is C14H16Cl2N4S. The number of nitrogens with zero attached hydrogens (tertiary/aromatic N) is 4. The molecule has 0 spiro atoms. The highest BCUT2D eigenvalue weighted by molar-refractivity contribution is 7.16. The van der Waals surface area contributed by atoms with E-state index < -0.39 is 0 Å². The second-order valence-electron chi connectivity index (χ2n) is 5.50. The Kier molecular flexibility index (Phi) is 4.45. The molecule has 0 aromatic carbocycles. The van der Waals surface area contributed by atoms with Crippen LogP contribution in [0.5, 0.6) is 0 Å². The fourth-order valence-corrected chi connectivity index (χ4v) is 3.84. The van der Waals surface area contributed by atoms with E-state index in [2.05, 4.69) is 33.7 Å². The Morgan fingerprint density at radius 2 is 2.14 bits per heavy atom. The molecule has 0 saturated heterocycles. The molecule has 0 radical (unpaired) electrons. The van der Waals surface area contributed by atoms with Crippen molar-refractivity contribution in [3.63, 3.8) is 0 Å². The summed E-state index contributed by atoms with van der Waals surface area (Å²) in [6.45, 7) is 6.82. The van der Waals surface area contributed by atoms with Crippen LogP contribution in [0.1, 0.15) is 41.7 Å². The Balaban J connectivity index is 1.74. The fraction of sp³-hybridized carbons (Fsp3) is 0.500. The van der Waals surface area contributed by atoms with Gasteiger partial charge in [0, 0.05) is 49.4 Å². The van der Waals surface area contributed by atoms with Crippen molar-refractivity contribution in [2.75, 3.05) is 6.54 Å². The summed E-state index contributed by atoms with van der Waals surface area (Å²) in [5.41, 5.74) is 2.38. The molecule has 0 bridgehead atoms. The third kappa shape index (κ3) is 3.37. The number of aromatic nitrogens is 3. The molecule has 0 aliphatic carbocycles. The van der Waals surface area contributed by atoms with Gasteiger partial charge in [-0.05, 0) is 0 Å². The molecule has 1 aliphatic rings. The third-order valence-corrected chi connectivity index (χ3v) is 5.11. The van der Waals surface area contributed by atoms with E-state index in [0.29, 0.717) is 15.5 Å². The number of halogens is 2. The molecule has 2 aromatic rings. The summed E-state index contributed by atoms with van der Waals surface area (Å²) in [6.07, 6.45) is 2.91. The number of hydrogen-bond acceptors (Lipinski definition) is 5. The highest BCUT2D eigenvalue weighted by Gasteiger charge is 2.21. The van der Waals surface area contributed by atoms with Gasteiger partial charge in [-0.1, -0.05) is 37.0 Å². The topological polar surface area (TPSA) is 41.9 Å². The van der Waals surface area contributed by atoms with Gasteiger partial charge in [-0.25, -0.2) is 15.0 Å². The first kappa shape index (κ1) is 15.2. The van der Waals surface area contributed by atoms with Gasteiger partial charge in [-0.2, -0.15) is 0 Å². The number of rotatable bonds is 3. The minimum atomic E-state index is 0.367.